The lowest BCUT2D eigenvalue weighted by atomic mass is 9.95. The highest BCUT2D eigenvalue weighted by Crippen LogP contribution is 2.34. The van der Waals surface area contributed by atoms with Crippen molar-refractivity contribution in [2.75, 3.05) is 44.4 Å². The Labute approximate surface area is 128 Å². The van der Waals surface area contributed by atoms with Gasteiger partial charge in [0.05, 0.1) is 0 Å². The lowest BCUT2D eigenvalue weighted by Crippen LogP contribution is -2.49. The molecule has 1 aromatic rings. The third-order valence-electron chi connectivity index (χ3n) is 4.76. The van der Waals surface area contributed by atoms with Gasteiger partial charge in [-0.05, 0) is 33.4 Å². The van der Waals surface area contributed by atoms with Crippen molar-refractivity contribution in [1.29, 1.82) is 0 Å². The number of nitrogens with one attached hydrogen (secondary N) is 1. The molecule has 1 N–H and O–H groups in total. The minimum absolute atomic E-state index is 0.265. The summed E-state index contributed by atoms with van der Waals surface area (Å²) in [7, 11) is 6.26. The van der Waals surface area contributed by atoms with Gasteiger partial charge in [-0.3, -0.25) is 4.90 Å². The predicted octanol–water partition coefficient (Wildman–Crippen LogP) is 2.53. The number of hydrogen-bond acceptors (Lipinski definition) is 5. The lowest BCUT2D eigenvalue weighted by molar-refractivity contribution is 0.144. The minimum atomic E-state index is 0.265. The molecule has 0 saturated heterocycles. The fraction of sp³-hybridized carbons (Fsp3) is 0.750. The molecule has 0 bridgehead atoms. The van der Waals surface area contributed by atoms with Gasteiger partial charge in [0.25, 0.3) is 0 Å². The van der Waals surface area contributed by atoms with Crippen LogP contribution >= 0.6 is 0 Å². The SMILES string of the molecule is CCN(C)C1(CNc2ncc(C)c(N(C)C)n2)CCCC1. The van der Waals surface area contributed by atoms with E-state index in [2.05, 4.69) is 34.2 Å². The summed E-state index contributed by atoms with van der Waals surface area (Å²) in [5.74, 6) is 1.72. The molecule has 1 saturated carbocycles. The number of aromatic nitrogens is 2. The molecule has 0 radical (unpaired) electrons. The van der Waals surface area contributed by atoms with Crippen LogP contribution in [0.3, 0.4) is 0 Å². The zero-order chi connectivity index (χ0) is 15.5. The number of aryl methyl sites for hydroxylation is 1. The maximum absolute atomic E-state index is 4.63. The van der Waals surface area contributed by atoms with Gasteiger partial charge in [0, 0.05) is 37.9 Å². The Morgan fingerprint density at radius 2 is 1.90 bits per heavy atom. The summed E-state index contributed by atoms with van der Waals surface area (Å²) in [5.41, 5.74) is 1.37. The van der Waals surface area contributed by atoms with Gasteiger partial charge in [-0.2, -0.15) is 4.98 Å². The average molecular weight is 291 g/mol. The fourth-order valence-corrected chi connectivity index (χ4v) is 3.28. The molecule has 0 amide bonds. The number of anilines is 2. The Morgan fingerprint density at radius 3 is 2.48 bits per heavy atom. The maximum Gasteiger partial charge on any atom is 0.224 e. The third-order valence-corrected chi connectivity index (χ3v) is 4.76. The second kappa shape index (κ2) is 6.60. The summed E-state index contributed by atoms with van der Waals surface area (Å²) in [4.78, 5) is 13.6. The van der Waals surface area contributed by atoms with Crippen molar-refractivity contribution in [2.45, 2.75) is 45.1 Å². The summed E-state index contributed by atoms with van der Waals surface area (Å²) < 4.78 is 0. The van der Waals surface area contributed by atoms with E-state index in [1.54, 1.807) is 0 Å². The first-order valence-electron chi connectivity index (χ1n) is 7.94. The molecule has 1 fully saturated rings. The van der Waals surface area contributed by atoms with Gasteiger partial charge in [-0.1, -0.05) is 19.8 Å². The average Bonchev–Trinajstić information content (AvgIpc) is 2.95. The lowest BCUT2D eigenvalue weighted by Gasteiger charge is -2.38. The van der Waals surface area contributed by atoms with E-state index in [0.717, 1.165) is 30.4 Å². The van der Waals surface area contributed by atoms with E-state index >= 15 is 0 Å². The zero-order valence-corrected chi connectivity index (χ0v) is 14.1. The molecular formula is C16H29N5. The molecule has 0 atom stereocenters. The number of likely N-dealkylation sites (N-methyl/N-ethyl adjacent to an activating group) is 1. The van der Waals surface area contributed by atoms with Crippen LogP contribution in [0.5, 0.6) is 0 Å². The van der Waals surface area contributed by atoms with Crippen LogP contribution in [-0.2, 0) is 0 Å². The second-order valence-electron chi connectivity index (χ2n) is 6.39. The molecule has 5 nitrogen and oxygen atoms in total. The molecule has 0 aromatic carbocycles. The molecule has 1 aliphatic rings. The van der Waals surface area contributed by atoms with E-state index in [-0.39, 0.29) is 5.54 Å². The van der Waals surface area contributed by atoms with E-state index in [1.165, 1.54) is 25.7 Å². The first-order chi connectivity index (χ1) is 9.98. The highest BCUT2D eigenvalue weighted by atomic mass is 15.2. The highest BCUT2D eigenvalue weighted by Gasteiger charge is 2.36. The topological polar surface area (TPSA) is 44.3 Å². The molecule has 118 valence electrons. The van der Waals surface area contributed by atoms with Crippen molar-refractivity contribution in [3.8, 4) is 0 Å². The minimum Gasteiger partial charge on any atom is -0.362 e. The van der Waals surface area contributed by atoms with Gasteiger partial charge in [-0.25, -0.2) is 4.98 Å². The molecule has 2 rings (SSSR count). The molecule has 5 heteroatoms. The van der Waals surface area contributed by atoms with Crippen molar-refractivity contribution in [2.24, 2.45) is 0 Å². The molecule has 1 aliphatic carbocycles. The molecule has 21 heavy (non-hydrogen) atoms. The van der Waals surface area contributed by atoms with Gasteiger partial charge >= 0.3 is 0 Å². The van der Waals surface area contributed by atoms with Gasteiger partial charge in [0.2, 0.25) is 5.95 Å². The molecule has 1 heterocycles. The quantitative estimate of drug-likeness (QED) is 0.872. The zero-order valence-electron chi connectivity index (χ0n) is 14.1. The Hall–Kier alpha value is -1.36. The van der Waals surface area contributed by atoms with Gasteiger partial charge in [0.1, 0.15) is 5.82 Å². The number of hydrogen-bond donors (Lipinski definition) is 1. The van der Waals surface area contributed by atoms with Crippen LogP contribution in [0, 0.1) is 6.92 Å². The van der Waals surface area contributed by atoms with Gasteiger partial charge in [-0.15, -0.1) is 0 Å². The van der Waals surface area contributed by atoms with Crippen molar-refractivity contribution >= 4 is 11.8 Å². The Morgan fingerprint density at radius 1 is 1.24 bits per heavy atom. The normalized spacial score (nSPS) is 17.2. The van der Waals surface area contributed by atoms with Crippen LogP contribution in [-0.4, -0.2) is 54.6 Å². The van der Waals surface area contributed by atoms with Crippen LogP contribution in [0.15, 0.2) is 6.20 Å². The predicted molar refractivity (Wildman–Crippen MR) is 89.1 cm³/mol. The second-order valence-corrected chi connectivity index (χ2v) is 6.39. The van der Waals surface area contributed by atoms with E-state index in [9.17, 15) is 0 Å². The van der Waals surface area contributed by atoms with Gasteiger partial charge < -0.3 is 10.2 Å². The van der Waals surface area contributed by atoms with Crippen molar-refractivity contribution in [3.05, 3.63) is 11.8 Å². The summed E-state index contributed by atoms with van der Waals surface area (Å²) >= 11 is 0. The Bertz CT molecular complexity index is 466. The Kier molecular flexibility index (Phi) is 5.04. The first-order valence-corrected chi connectivity index (χ1v) is 7.94. The van der Waals surface area contributed by atoms with Crippen LogP contribution in [0.1, 0.15) is 38.2 Å². The molecule has 0 unspecified atom stereocenters. The van der Waals surface area contributed by atoms with Crippen LogP contribution in [0.4, 0.5) is 11.8 Å². The smallest absolute Gasteiger partial charge is 0.224 e. The fourth-order valence-electron chi connectivity index (χ4n) is 3.28. The molecular weight excluding hydrogens is 262 g/mol. The largest absolute Gasteiger partial charge is 0.362 e. The van der Waals surface area contributed by atoms with Crippen LogP contribution in [0.2, 0.25) is 0 Å². The monoisotopic (exact) mass is 291 g/mol. The van der Waals surface area contributed by atoms with E-state index in [0.29, 0.717) is 0 Å². The maximum atomic E-state index is 4.63. The van der Waals surface area contributed by atoms with E-state index in [4.69, 9.17) is 0 Å². The van der Waals surface area contributed by atoms with E-state index in [1.807, 2.05) is 32.1 Å². The summed E-state index contributed by atoms with van der Waals surface area (Å²) in [6, 6.07) is 0. The third kappa shape index (κ3) is 3.46. The standard InChI is InChI=1S/C16H29N5/c1-6-21(5)16(9-7-8-10-16)12-18-15-17-11-13(2)14(19-15)20(3)4/h11H,6-10,12H2,1-5H3,(H,17,18,19). The summed E-state index contributed by atoms with van der Waals surface area (Å²) in [5, 5.41) is 3.47. The molecule has 0 aliphatic heterocycles. The van der Waals surface area contributed by atoms with Gasteiger partial charge in [0.15, 0.2) is 0 Å². The van der Waals surface area contributed by atoms with Crippen LogP contribution < -0.4 is 10.2 Å². The van der Waals surface area contributed by atoms with Crippen molar-refractivity contribution in [3.63, 3.8) is 0 Å². The molecule has 1 aromatic heterocycles. The Balaban J connectivity index is 2.09. The van der Waals surface area contributed by atoms with Crippen molar-refractivity contribution < 1.29 is 0 Å². The van der Waals surface area contributed by atoms with Crippen molar-refractivity contribution in [1.82, 2.24) is 14.9 Å². The molecule has 0 spiro atoms. The summed E-state index contributed by atoms with van der Waals surface area (Å²) in [6.07, 6.45) is 7.07. The number of rotatable bonds is 6. The first kappa shape index (κ1) is 16.0. The van der Waals surface area contributed by atoms with Crippen LogP contribution in [0.25, 0.3) is 0 Å². The summed E-state index contributed by atoms with van der Waals surface area (Å²) in [6.45, 7) is 6.28. The van der Waals surface area contributed by atoms with E-state index < -0.39 is 0 Å². The highest BCUT2D eigenvalue weighted by molar-refractivity contribution is 5.47. The number of nitrogens with zero attached hydrogens (tertiary/aromatic N) is 4.